The van der Waals surface area contributed by atoms with Gasteiger partial charge in [-0.2, -0.15) is 4.98 Å². The summed E-state index contributed by atoms with van der Waals surface area (Å²) >= 11 is 6.12. The SMILES string of the molecule is CCc1noc(-c2c(S(=O)(=O)Nc3ccc(C)c(Cl)c3)c(C)n(C)c2C)n1. The quantitative estimate of drug-likeness (QED) is 0.688. The second-order valence-corrected chi connectivity index (χ2v) is 8.40. The first-order chi connectivity index (χ1) is 12.7. The zero-order chi connectivity index (χ0) is 19.9. The molecule has 7 nitrogen and oxygen atoms in total. The number of rotatable bonds is 5. The molecule has 2 aromatic heterocycles. The first-order valence-corrected chi connectivity index (χ1v) is 10.3. The summed E-state index contributed by atoms with van der Waals surface area (Å²) in [6.07, 6.45) is 0.594. The Morgan fingerprint density at radius 1 is 1.22 bits per heavy atom. The lowest BCUT2D eigenvalue weighted by Crippen LogP contribution is -2.15. The van der Waals surface area contributed by atoms with Crippen LogP contribution in [0.2, 0.25) is 5.02 Å². The highest BCUT2D eigenvalue weighted by molar-refractivity contribution is 7.93. The highest BCUT2D eigenvalue weighted by Gasteiger charge is 2.31. The Labute approximate surface area is 163 Å². The molecule has 2 heterocycles. The van der Waals surface area contributed by atoms with Crippen LogP contribution < -0.4 is 4.72 Å². The Morgan fingerprint density at radius 2 is 1.93 bits per heavy atom. The molecule has 1 N–H and O–H groups in total. The third-order valence-corrected chi connectivity index (χ3v) is 6.56. The van der Waals surface area contributed by atoms with Gasteiger partial charge in [0.1, 0.15) is 4.90 Å². The van der Waals surface area contributed by atoms with E-state index in [1.807, 2.05) is 20.8 Å². The van der Waals surface area contributed by atoms with Crippen LogP contribution in [0.3, 0.4) is 0 Å². The number of aryl methyl sites for hydroxylation is 2. The van der Waals surface area contributed by atoms with Crippen LogP contribution in [0.25, 0.3) is 11.5 Å². The average Bonchev–Trinajstić information content (AvgIpc) is 3.16. The molecule has 0 bridgehead atoms. The summed E-state index contributed by atoms with van der Waals surface area (Å²) in [5, 5.41) is 4.38. The largest absolute Gasteiger partial charge is 0.350 e. The van der Waals surface area contributed by atoms with Gasteiger partial charge in [0.25, 0.3) is 15.9 Å². The Bertz CT molecular complexity index is 1120. The highest BCUT2D eigenvalue weighted by atomic mass is 35.5. The van der Waals surface area contributed by atoms with Crippen LogP contribution in [0.15, 0.2) is 27.6 Å². The molecule has 27 heavy (non-hydrogen) atoms. The van der Waals surface area contributed by atoms with Crippen molar-refractivity contribution < 1.29 is 12.9 Å². The summed E-state index contributed by atoms with van der Waals surface area (Å²) in [6, 6.07) is 5.02. The van der Waals surface area contributed by atoms with Gasteiger partial charge in [-0.25, -0.2) is 8.42 Å². The molecule has 144 valence electrons. The van der Waals surface area contributed by atoms with E-state index in [0.29, 0.717) is 34.2 Å². The molecule has 1 aromatic carbocycles. The van der Waals surface area contributed by atoms with Gasteiger partial charge in [0, 0.05) is 29.9 Å². The van der Waals surface area contributed by atoms with Crippen LogP contribution in [-0.2, 0) is 23.5 Å². The van der Waals surface area contributed by atoms with Crippen molar-refractivity contribution in [2.45, 2.75) is 39.0 Å². The molecule has 0 radical (unpaired) electrons. The number of halogens is 1. The van der Waals surface area contributed by atoms with Crippen molar-refractivity contribution in [2.24, 2.45) is 7.05 Å². The van der Waals surface area contributed by atoms with E-state index in [1.165, 1.54) is 0 Å². The molecule has 9 heteroatoms. The van der Waals surface area contributed by atoms with E-state index < -0.39 is 10.0 Å². The van der Waals surface area contributed by atoms with E-state index in [9.17, 15) is 8.42 Å². The number of aromatic nitrogens is 3. The van der Waals surface area contributed by atoms with Crippen molar-refractivity contribution in [1.82, 2.24) is 14.7 Å². The number of nitrogens with zero attached hydrogens (tertiary/aromatic N) is 3. The number of nitrogens with one attached hydrogen (secondary N) is 1. The molecule has 0 saturated carbocycles. The number of anilines is 1. The molecule has 0 fully saturated rings. The van der Waals surface area contributed by atoms with Crippen LogP contribution in [-0.4, -0.2) is 23.1 Å². The van der Waals surface area contributed by atoms with Crippen molar-refractivity contribution in [2.75, 3.05) is 4.72 Å². The molecule has 3 rings (SSSR count). The van der Waals surface area contributed by atoms with E-state index >= 15 is 0 Å². The molecule has 0 saturated heterocycles. The number of hydrogen-bond donors (Lipinski definition) is 1. The molecule has 0 amide bonds. The average molecular weight is 409 g/mol. The summed E-state index contributed by atoms with van der Waals surface area (Å²) < 4.78 is 36.1. The topological polar surface area (TPSA) is 90.0 Å². The van der Waals surface area contributed by atoms with Gasteiger partial charge in [-0.1, -0.05) is 29.7 Å². The van der Waals surface area contributed by atoms with Gasteiger partial charge >= 0.3 is 0 Å². The Balaban J connectivity index is 2.14. The predicted molar refractivity (Wildman–Crippen MR) is 105 cm³/mol. The Hall–Kier alpha value is -2.32. The number of hydrogen-bond acceptors (Lipinski definition) is 5. The molecule has 3 aromatic rings. The maximum absolute atomic E-state index is 13.2. The van der Waals surface area contributed by atoms with Crippen molar-refractivity contribution >= 4 is 27.3 Å². The lowest BCUT2D eigenvalue weighted by atomic mass is 10.2. The fourth-order valence-electron chi connectivity index (χ4n) is 2.86. The van der Waals surface area contributed by atoms with Gasteiger partial charge in [0.2, 0.25) is 0 Å². The van der Waals surface area contributed by atoms with Gasteiger partial charge in [-0.05, 0) is 38.5 Å². The van der Waals surface area contributed by atoms with E-state index in [-0.39, 0.29) is 10.8 Å². The molecular weight excluding hydrogens is 388 g/mol. The van der Waals surface area contributed by atoms with Crippen LogP contribution >= 0.6 is 11.6 Å². The highest BCUT2D eigenvalue weighted by Crippen LogP contribution is 2.35. The standard InChI is InChI=1S/C18H21ClN4O3S/c1-6-15-20-18(26-21-15)16-11(3)23(5)12(4)17(16)27(24,25)22-13-8-7-10(2)14(19)9-13/h7-9,22H,6H2,1-5H3. The molecule has 0 aliphatic rings. The summed E-state index contributed by atoms with van der Waals surface area (Å²) in [7, 11) is -2.11. The zero-order valence-electron chi connectivity index (χ0n) is 15.8. The summed E-state index contributed by atoms with van der Waals surface area (Å²) in [6.45, 7) is 7.31. The lowest BCUT2D eigenvalue weighted by molar-refractivity contribution is 0.422. The van der Waals surface area contributed by atoms with E-state index in [2.05, 4.69) is 14.9 Å². The summed E-state index contributed by atoms with van der Waals surface area (Å²) in [5.41, 5.74) is 2.96. The van der Waals surface area contributed by atoms with Crippen molar-refractivity contribution in [3.8, 4) is 11.5 Å². The van der Waals surface area contributed by atoms with Gasteiger partial charge in [-0.3, -0.25) is 4.72 Å². The third-order valence-electron chi connectivity index (χ3n) is 4.61. The van der Waals surface area contributed by atoms with Gasteiger partial charge in [0.15, 0.2) is 5.82 Å². The van der Waals surface area contributed by atoms with Crippen LogP contribution in [0.1, 0.15) is 29.7 Å². The third kappa shape index (κ3) is 3.46. The van der Waals surface area contributed by atoms with E-state index in [0.717, 1.165) is 11.3 Å². The van der Waals surface area contributed by atoms with E-state index in [1.54, 1.807) is 36.7 Å². The molecule has 0 aliphatic heterocycles. The monoisotopic (exact) mass is 408 g/mol. The van der Waals surface area contributed by atoms with Crippen LogP contribution in [0.5, 0.6) is 0 Å². The second-order valence-electron chi connectivity index (χ2n) is 6.37. The fraction of sp³-hybridized carbons (Fsp3) is 0.333. The minimum absolute atomic E-state index is 0.116. The number of sulfonamides is 1. The summed E-state index contributed by atoms with van der Waals surface area (Å²) in [4.78, 5) is 4.43. The normalized spacial score (nSPS) is 11.8. The van der Waals surface area contributed by atoms with E-state index in [4.69, 9.17) is 16.1 Å². The number of benzene rings is 1. The van der Waals surface area contributed by atoms with Gasteiger partial charge in [0.05, 0.1) is 11.3 Å². The molecular formula is C18H21ClN4O3S. The fourth-order valence-corrected chi connectivity index (χ4v) is 4.61. The molecule has 0 spiro atoms. The Kier molecular flexibility index (Phi) is 5.05. The molecule has 0 unspecified atom stereocenters. The maximum Gasteiger partial charge on any atom is 0.264 e. The first-order valence-electron chi connectivity index (χ1n) is 8.43. The summed E-state index contributed by atoms with van der Waals surface area (Å²) in [5.74, 6) is 0.711. The zero-order valence-corrected chi connectivity index (χ0v) is 17.4. The smallest absolute Gasteiger partial charge is 0.264 e. The lowest BCUT2D eigenvalue weighted by Gasteiger charge is -2.10. The molecule has 0 aliphatic carbocycles. The van der Waals surface area contributed by atoms with Crippen molar-refractivity contribution in [1.29, 1.82) is 0 Å². The maximum atomic E-state index is 13.2. The van der Waals surface area contributed by atoms with Crippen LogP contribution in [0.4, 0.5) is 5.69 Å². The van der Waals surface area contributed by atoms with Gasteiger partial charge < -0.3 is 9.09 Å². The Morgan fingerprint density at radius 3 is 2.52 bits per heavy atom. The molecule has 0 atom stereocenters. The minimum atomic E-state index is -3.91. The van der Waals surface area contributed by atoms with Crippen molar-refractivity contribution in [3.05, 3.63) is 46.0 Å². The predicted octanol–water partition coefficient (Wildman–Crippen LogP) is 4.02. The van der Waals surface area contributed by atoms with Crippen LogP contribution in [0, 0.1) is 20.8 Å². The minimum Gasteiger partial charge on any atom is -0.350 e. The first kappa shape index (κ1) is 19.4. The van der Waals surface area contributed by atoms with Gasteiger partial charge in [-0.15, -0.1) is 0 Å². The second kappa shape index (κ2) is 7.01. The van der Waals surface area contributed by atoms with Crippen molar-refractivity contribution in [3.63, 3.8) is 0 Å².